The number of carbonyl (C=O) groups is 2. The minimum absolute atomic E-state index is 0.0273. The first-order chi connectivity index (χ1) is 9.02. The van der Waals surface area contributed by atoms with Gasteiger partial charge in [0.15, 0.2) is 0 Å². The van der Waals surface area contributed by atoms with Gasteiger partial charge in [-0.1, -0.05) is 0 Å². The molecule has 1 aromatic heterocycles. The molecule has 1 amide bonds. The van der Waals surface area contributed by atoms with E-state index in [0.717, 1.165) is 9.91 Å². The zero-order valence-electron chi connectivity index (χ0n) is 10.2. The number of β-amino-alcohol motifs (C(OH)–C–C–N with tert-alkyl or cyclic N) is 1. The number of carbonyl (C=O) groups excluding carboxylic acids is 1. The van der Waals surface area contributed by atoms with Crippen molar-refractivity contribution in [3.8, 4) is 0 Å². The van der Waals surface area contributed by atoms with Crippen LogP contribution in [0.2, 0.25) is 0 Å². The summed E-state index contributed by atoms with van der Waals surface area (Å²) >= 11 is 1.32. The van der Waals surface area contributed by atoms with E-state index in [0.29, 0.717) is 13.0 Å². The first-order valence-electron chi connectivity index (χ1n) is 5.89. The van der Waals surface area contributed by atoms with E-state index in [2.05, 4.69) is 4.98 Å². The van der Waals surface area contributed by atoms with E-state index in [9.17, 15) is 14.7 Å². The minimum Gasteiger partial charge on any atom is -0.480 e. The van der Waals surface area contributed by atoms with Gasteiger partial charge in [0.05, 0.1) is 11.1 Å². The van der Waals surface area contributed by atoms with Gasteiger partial charge in [0, 0.05) is 24.8 Å². The van der Waals surface area contributed by atoms with E-state index in [1.54, 1.807) is 5.38 Å². The number of carboxylic acid groups (broad SMARTS) is 1. The fourth-order valence-corrected chi connectivity index (χ4v) is 2.85. The van der Waals surface area contributed by atoms with E-state index >= 15 is 0 Å². The van der Waals surface area contributed by atoms with Crippen LogP contribution in [0, 0.1) is 0 Å². The Hall–Kier alpha value is -1.51. The molecule has 1 saturated heterocycles. The number of likely N-dealkylation sites (tertiary alicyclic amines) is 1. The second kappa shape index (κ2) is 5.64. The molecular weight excluding hydrogens is 270 g/mol. The molecule has 0 spiro atoms. The van der Waals surface area contributed by atoms with Crippen molar-refractivity contribution in [2.45, 2.75) is 25.0 Å². The second-order valence-corrected chi connectivity index (χ2v) is 5.31. The van der Waals surface area contributed by atoms with Gasteiger partial charge >= 0.3 is 5.97 Å². The Labute approximate surface area is 113 Å². The lowest BCUT2D eigenvalue weighted by Crippen LogP contribution is -2.40. The Morgan fingerprint density at radius 1 is 1.58 bits per heavy atom. The van der Waals surface area contributed by atoms with Crippen LogP contribution < -0.4 is 5.73 Å². The Kier molecular flexibility index (Phi) is 4.13. The molecule has 0 aromatic carbocycles. The summed E-state index contributed by atoms with van der Waals surface area (Å²) in [5, 5.41) is 20.9. The maximum absolute atomic E-state index is 12.2. The average Bonchev–Trinajstić information content (AvgIpc) is 2.95. The number of hydrogen-bond acceptors (Lipinski definition) is 6. The first kappa shape index (κ1) is 13.9. The van der Waals surface area contributed by atoms with Gasteiger partial charge in [-0.15, -0.1) is 11.3 Å². The number of hydrogen-bond donors (Lipinski definition) is 3. The van der Waals surface area contributed by atoms with E-state index in [1.165, 1.54) is 11.3 Å². The van der Waals surface area contributed by atoms with Gasteiger partial charge in [0.1, 0.15) is 11.7 Å². The molecule has 0 aliphatic carbocycles. The average molecular weight is 285 g/mol. The fourth-order valence-electron chi connectivity index (χ4n) is 2.07. The standard InChI is InChI=1S/C11H15N3O4S/c12-2-1-9-13-7(5-19-9)10(16)14-4-6(15)3-8(14)11(17)18/h5-6,8,15H,1-4,12H2,(H,17,18). The van der Waals surface area contributed by atoms with Gasteiger partial charge in [-0.25, -0.2) is 9.78 Å². The molecule has 1 aliphatic rings. The van der Waals surface area contributed by atoms with Crippen LogP contribution in [0.15, 0.2) is 5.38 Å². The normalized spacial score (nSPS) is 22.7. The molecule has 2 rings (SSSR count). The number of aliphatic hydroxyl groups is 1. The van der Waals surface area contributed by atoms with Gasteiger partial charge in [0.2, 0.25) is 0 Å². The van der Waals surface area contributed by atoms with Crippen molar-refractivity contribution in [1.82, 2.24) is 9.88 Å². The van der Waals surface area contributed by atoms with Gasteiger partial charge < -0.3 is 20.8 Å². The highest BCUT2D eigenvalue weighted by Gasteiger charge is 2.39. The molecule has 8 heteroatoms. The van der Waals surface area contributed by atoms with Crippen molar-refractivity contribution in [3.05, 3.63) is 16.1 Å². The molecule has 7 nitrogen and oxygen atoms in total. The summed E-state index contributed by atoms with van der Waals surface area (Å²) in [5.74, 6) is -1.56. The van der Waals surface area contributed by atoms with Crippen LogP contribution in [0.25, 0.3) is 0 Å². The number of carboxylic acids is 1. The summed E-state index contributed by atoms with van der Waals surface area (Å²) in [6.07, 6.45) is -0.156. The third-order valence-corrected chi connectivity index (χ3v) is 3.86. The van der Waals surface area contributed by atoms with E-state index in [1.807, 2.05) is 0 Å². The van der Waals surface area contributed by atoms with Gasteiger partial charge in [0.25, 0.3) is 5.91 Å². The highest BCUT2D eigenvalue weighted by molar-refractivity contribution is 7.09. The Morgan fingerprint density at radius 3 is 2.95 bits per heavy atom. The van der Waals surface area contributed by atoms with Crippen LogP contribution in [0.4, 0.5) is 0 Å². The molecule has 0 saturated carbocycles. The van der Waals surface area contributed by atoms with Crippen LogP contribution in [-0.2, 0) is 11.2 Å². The van der Waals surface area contributed by atoms with Gasteiger partial charge in [-0.05, 0) is 6.54 Å². The van der Waals surface area contributed by atoms with Gasteiger partial charge in [-0.2, -0.15) is 0 Å². The quantitative estimate of drug-likeness (QED) is 0.674. The molecule has 1 aliphatic heterocycles. The van der Waals surface area contributed by atoms with E-state index in [-0.39, 0.29) is 18.7 Å². The second-order valence-electron chi connectivity index (χ2n) is 4.37. The van der Waals surface area contributed by atoms with Crippen LogP contribution in [0.5, 0.6) is 0 Å². The summed E-state index contributed by atoms with van der Waals surface area (Å²) in [4.78, 5) is 28.5. The van der Waals surface area contributed by atoms with Crippen LogP contribution in [-0.4, -0.2) is 57.2 Å². The van der Waals surface area contributed by atoms with Crippen molar-refractivity contribution in [2.24, 2.45) is 5.73 Å². The van der Waals surface area contributed by atoms with Crippen molar-refractivity contribution in [2.75, 3.05) is 13.1 Å². The zero-order valence-corrected chi connectivity index (χ0v) is 11.0. The van der Waals surface area contributed by atoms with Crippen LogP contribution in [0.3, 0.4) is 0 Å². The van der Waals surface area contributed by atoms with Gasteiger partial charge in [-0.3, -0.25) is 4.79 Å². The van der Waals surface area contributed by atoms with Crippen LogP contribution in [0.1, 0.15) is 21.9 Å². The Balaban J connectivity index is 2.15. The third-order valence-electron chi connectivity index (χ3n) is 2.95. The molecule has 19 heavy (non-hydrogen) atoms. The highest BCUT2D eigenvalue weighted by Crippen LogP contribution is 2.21. The zero-order chi connectivity index (χ0) is 14.0. The van der Waals surface area contributed by atoms with E-state index < -0.39 is 24.0 Å². The third kappa shape index (κ3) is 2.91. The molecule has 1 aromatic rings. The largest absolute Gasteiger partial charge is 0.480 e. The first-order valence-corrected chi connectivity index (χ1v) is 6.77. The highest BCUT2D eigenvalue weighted by atomic mass is 32.1. The smallest absolute Gasteiger partial charge is 0.326 e. The lowest BCUT2D eigenvalue weighted by atomic mass is 10.2. The van der Waals surface area contributed by atoms with Crippen molar-refractivity contribution in [3.63, 3.8) is 0 Å². The minimum atomic E-state index is -1.11. The summed E-state index contributed by atoms with van der Waals surface area (Å²) in [6, 6.07) is -0.984. The van der Waals surface area contributed by atoms with Crippen LogP contribution >= 0.6 is 11.3 Å². The predicted octanol–water partition coefficient (Wildman–Crippen LogP) is -0.696. The Bertz CT molecular complexity index is 490. The van der Waals surface area contributed by atoms with Crippen molar-refractivity contribution < 1.29 is 19.8 Å². The lowest BCUT2D eigenvalue weighted by Gasteiger charge is -2.19. The maximum Gasteiger partial charge on any atom is 0.326 e. The number of nitrogens with two attached hydrogens (primary N) is 1. The van der Waals surface area contributed by atoms with Crippen molar-refractivity contribution in [1.29, 1.82) is 0 Å². The molecule has 104 valence electrons. The topological polar surface area (TPSA) is 117 Å². The molecule has 1 fully saturated rings. The molecular formula is C11H15N3O4S. The number of amides is 1. The van der Waals surface area contributed by atoms with Crippen molar-refractivity contribution >= 4 is 23.2 Å². The summed E-state index contributed by atoms with van der Waals surface area (Å²) < 4.78 is 0. The summed E-state index contributed by atoms with van der Waals surface area (Å²) in [5.41, 5.74) is 5.63. The number of nitrogens with zero attached hydrogens (tertiary/aromatic N) is 2. The molecule has 2 atom stereocenters. The number of aromatic nitrogens is 1. The SMILES string of the molecule is NCCc1nc(C(=O)N2CC(O)CC2C(=O)O)cs1. The Morgan fingerprint density at radius 2 is 2.32 bits per heavy atom. The molecule has 0 bridgehead atoms. The number of rotatable bonds is 4. The summed E-state index contributed by atoms with van der Waals surface area (Å²) in [7, 11) is 0. The predicted molar refractivity (Wildman–Crippen MR) is 68.0 cm³/mol. The number of thiazole rings is 1. The van der Waals surface area contributed by atoms with E-state index in [4.69, 9.17) is 10.8 Å². The number of aliphatic carboxylic acids is 1. The molecule has 2 heterocycles. The fraction of sp³-hybridized carbons (Fsp3) is 0.545. The molecule has 0 radical (unpaired) electrons. The lowest BCUT2D eigenvalue weighted by molar-refractivity contribution is -0.141. The molecule has 2 unspecified atom stereocenters. The summed E-state index contributed by atoms with van der Waals surface area (Å²) in [6.45, 7) is 0.473. The number of aliphatic hydroxyl groups excluding tert-OH is 1. The monoisotopic (exact) mass is 285 g/mol. The maximum atomic E-state index is 12.2. The molecule has 4 N–H and O–H groups in total.